The molecule has 5 atom stereocenters. The molecule has 0 amide bonds. The minimum absolute atomic E-state index is 0.246. The number of fused-ring (bicyclic) bond motifs is 2. The van der Waals surface area contributed by atoms with Crippen LogP contribution in [0.25, 0.3) is 0 Å². The van der Waals surface area contributed by atoms with Crippen molar-refractivity contribution in [2.24, 2.45) is 11.8 Å². The maximum atomic E-state index is 12.3. The second-order valence-corrected chi connectivity index (χ2v) is 9.96. The van der Waals surface area contributed by atoms with Crippen LogP contribution in [0.2, 0.25) is 0 Å². The predicted molar refractivity (Wildman–Crippen MR) is 117 cm³/mol. The molecule has 1 unspecified atom stereocenters. The van der Waals surface area contributed by atoms with E-state index in [2.05, 4.69) is 12.2 Å². The first-order valence-corrected chi connectivity index (χ1v) is 12.5. The van der Waals surface area contributed by atoms with Crippen LogP contribution in [0, 0.1) is 11.8 Å². The van der Waals surface area contributed by atoms with Crippen LogP contribution >= 0.6 is 0 Å². The minimum atomic E-state index is -0.780. The zero-order valence-corrected chi connectivity index (χ0v) is 18.0. The van der Waals surface area contributed by atoms with Crippen LogP contribution in [0.15, 0.2) is 42.5 Å². The lowest BCUT2D eigenvalue weighted by atomic mass is 9.75. The van der Waals surface area contributed by atoms with Gasteiger partial charge in [-0.25, -0.2) is 0 Å². The van der Waals surface area contributed by atoms with Gasteiger partial charge in [0.05, 0.1) is 12.2 Å². The van der Waals surface area contributed by atoms with Gasteiger partial charge in [-0.15, -0.1) is 0 Å². The molecule has 2 heterocycles. The van der Waals surface area contributed by atoms with Gasteiger partial charge in [0.15, 0.2) is 0 Å². The molecule has 1 aromatic rings. The quantitative estimate of drug-likeness (QED) is 0.275. The van der Waals surface area contributed by atoms with E-state index in [1.54, 1.807) is 0 Å². The molecule has 0 radical (unpaired) electrons. The maximum Gasteiger partial charge on any atom is 0.303 e. The van der Waals surface area contributed by atoms with Crippen molar-refractivity contribution in [3.8, 4) is 0 Å². The van der Waals surface area contributed by atoms with Crippen LogP contribution in [0.4, 0.5) is 0 Å². The second kappa shape index (κ2) is 11.8. The standard InChI is InChI=1S/C24H34O4S/c25-24(26)14-7-2-1-6-12-20-21(23-16-15-22(20)28-23)13-8-9-17-29(27)18-19-10-4-3-5-11-19/h1,3-6,10-11,20-23H,2,7-9,12-18H2,(H,25,26)/b6-1-/t20-,21-,22-,23+,29?/m1/s1. The van der Waals surface area contributed by atoms with E-state index in [1.165, 1.54) is 19.3 Å². The first-order chi connectivity index (χ1) is 14.1. The Bertz CT molecular complexity index is 648. The number of unbranched alkanes of at least 4 members (excludes halogenated alkanes) is 2. The highest BCUT2D eigenvalue weighted by molar-refractivity contribution is 7.90. The molecule has 29 heavy (non-hydrogen) atoms. The first kappa shape index (κ1) is 22.4. The number of carboxylic acid groups (broad SMARTS) is 1. The van der Waals surface area contributed by atoms with Gasteiger partial charge in [0.2, 0.25) is 0 Å². The Labute approximate surface area is 177 Å². The van der Waals surface area contributed by atoms with Gasteiger partial charge < -0.3 is 14.4 Å². The van der Waals surface area contributed by atoms with Gasteiger partial charge in [0.25, 0.3) is 0 Å². The summed E-state index contributed by atoms with van der Waals surface area (Å²) in [5.74, 6) is 1.95. The van der Waals surface area contributed by atoms with Gasteiger partial charge in [-0.3, -0.25) is 4.79 Å². The fourth-order valence-corrected chi connectivity index (χ4v) is 6.05. The molecule has 5 heteroatoms. The molecule has 0 saturated carbocycles. The van der Waals surface area contributed by atoms with Crippen molar-refractivity contribution in [1.29, 1.82) is 0 Å². The monoisotopic (exact) mass is 418 g/mol. The molecule has 160 valence electrons. The lowest BCUT2D eigenvalue weighted by molar-refractivity contribution is -0.137. The fraction of sp³-hybridized carbons (Fsp3) is 0.625. The van der Waals surface area contributed by atoms with Gasteiger partial charge in [-0.05, 0) is 74.4 Å². The normalized spacial score (nSPS) is 26.9. The average Bonchev–Trinajstić information content (AvgIpc) is 3.30. The van der Waals surface area contributed by atoms with Crippen LogP contribution in [0.5, 0.6) is 0 Å². The minimum Gasteiger partial charge on any atom is -0.616 e. The summed E-state index contributed by atoms with van der Waals surface area (Å²) in [7, 11) is 0. The summed E-state index contributed by atoms with van der Waals surface area (Å²) in [5, 5.41) is 8.70. The lowest BCUT2D eigenvalue weighted by Gasteiger charge is -2.27. The molecule has 2 saturated heterocycles. The van der Waals surface area contributed by atoms with Crippen molar-refractivity contribution in [3.05, 3.63) is 48.0 Å². The topological polar surface area (TPSA) is 69.6 Å². The second-order valence-electron chi connectivity index (χ2n) is 8.38. The third kappa shape index (κ3) is 7.16. The summed E-state index contributed by atoms with van der Waals surface area (Å²) in [4.78, 5) is 10.6. The van der Waals surface area contributed by atoms with E-state index in [0.29, 0.717) is 36.2 Å². The number of carboxylic acids is 1. The van der Waals surface area contributed by atoms with Crippen molar-refractivity contribution >= 4 is 17.1 Å². The highest BCUT2D eigenvalue weighted by atomic mass is 32.2. The van der Waals surface area contributed by atoms with E-state index in [1.807, 2.05) is 30.3 Å². The molecule has 3 rings (SSSR count). The van der Waals surface area contributed by atoms with Crippen molar-refractivity contribution in [3.63, 3.8) is 0 Å². The number of allylic oxidation sites excluding steroid dienone is 2. The van der Waals surface area contributed by atoms with E-state index < -0.39 is 17.1 Å². The zero-order valence-electron chi connectivity index (χ0n) is 17.2. The van der Waals surface area contributed by atoms with Crippen molar-refractivity contribution in [2.75, 3.05) is 5.75 Å². The summed E-state index contributed by atoms with van der Waals surface area (Å²) in [6.07, 6.45) is 13.7. The van der Waals surface area contributed by atoms with Gasteiger partial charge in [-0.1, -0.05) is 42.5 Å². The number of rotatable bonds is 13. The number of benzene rings is 1. The largest absolute Gasteiger partial charge is 0.616 e. The van der Waals surface area contributed by atoms with E-state index >= 15 is 0 Å². The van der Waals surface area contributed by atoms with Gasteiger partial charge in [-0.2, -0.15) is 0 Å². The number of ether oxygens (including phenoxy) is 1. The van der Waals surface area contributed by atoms with E-state index in [4.69, 9.17) is 9.84 Å². The number of hydrogen-bond donors (Lipinski definition) is 1. The summed E-state index contributed by atoms with van der Waals surface area (Å²) in [6.45, 7) is 0. The molecule has 1 N–H and O–H groups in total. The molecule has 2 bridgehead atoms. The Morgan fingerprint density at radius 2 is 1.86 bits per heavy atom. The summed E-state index contributed by atoms with van der Waals surface area (Å²) in [5.41, 5.74) is 1.16. The molecule has 2 aliphatic rings. The van der Waals surface area contributed by atoms with Crippen molar-refractivity contribution in [2.45, 2.75) is 75.7 Å². The molecule has 0 aliphatic carbocycles. The number of aliphatic carboxylic acids is 1. The molecular formula is C24H34O4S. The molecule has 2 aliphatic heterocycles. The molecule has 4 nitrogen and oxygen atoms in total. The van der Waals surface area contributed by atoms with Crippen LogP contribution in [-0.2, 0) is 26.5 Å². The highest BCUT2D eigenvalue weighted by Crippen LogP contribution is 2.47. The van der Waals surface area contributed by atoms with Crippen molar-refractivity contribution < 1.29 is 19.2 Å². The number of carbonyl (C=O) groups is 1. The summed E-state index contributed by atoms with van der Waals surface area (Å²) < 4.78 is 18.5. The van der Waals surface area contributed by atoms with Crippen molar-refractivity contribution in [1.82, 2.24) is 0 Å². The Morgan fingerprint density at radius 3 is 2.62 bits per heavy atom. The third-order valence-electron chi connectivity index (χ3n) is 6.26. The predicted octanol–water partition coefficient (Wildman–Crippen LogP) is 5.10. The summed E-state index contributed by atoms with van der Waals surface area (Å²) in [6, 6.07) is 10.1. The SMILES string of the molecule is O=C(O)CCC/C=C\C[C@@H]1[C@@H](CCCC[S+]([O-])Cc2ccccc2)[C@@H]2CC[C@H]1O2. The Balaban J connectivity index is 1.35. The smallest absolute Gasteiger partial charge is 0.303 e. The van der Waals surface area contributed by atoms with Gasteiger partial charge in [0, 0.05) is 12.0 Å². The Kier molecular flexibility index (Phi) is 9.09. The first-order valence-electron chi connectivity index (χ1n) is 11.0. The molecule has 0 aromatic heterocycles. The van der Waals surface area contributed by atoms with Crippen LogP contribution in [0.1, 0.15) is 63.4 Å². The average molecular weight is 419 g/mol. The third-order valence-corrected chi connectivity index (χ3v) is 7.66. The summed E-state index contributed by atoms with van der Waals surface area (Å²) >= 11 is -0.780. The number of hydrogen-bond acceptors (Lipinski definition) is 3. The zero-order chi connectivity index (χ0) is 20.5. The van der Waals surface area contributed by atoms with Gasteiger partial charge in [0.1, 0.15) is 11.5 Å². The molecular weight excluding hydrogens is 384 g/mol. The highest BCUT2D eigenvalue weighted by Gasteiger charge is 2.47. The maximum absolute atomic E-state index is 12.3. The van der Waals surface area contributed by atoms with E-state index in [9.17, 15) is 9.35 Å². The molecule has 1 aromatic carbocycles. The van der Waals surface area contributed by atoms with E-state index in [0.717, 1.165) is 37.0 Å². The van der Waals surface area contributed by atoms with Crippen LogP contribution in [-0.4, -0.2) is 33.6 Å². The van der Waals surface area contributed by atoms with Crippen LogP contribution < -0.4 is 0 Å². The Hall–Kier alpha value is -1.30. The fourth-order valence-electron chi connectivity index (χ4n) is 4.81. The van der Waals surface area contributed by atoms with E-state index in [-0.39, 0.29) is 6.42 Å². The van der Waals surface area contributed by atoms with Crippen LogP contribution in [0.3, 0.4) is 0 Å². The van der Waals surface area contributed by atoms with Gasteiger partial charge >= 0.3 is 5.97 Å². The lowest BCUT2D eigenvalue weighted by Crippen LogP contribution is -2.27. The molecule has 0 spiro atoms. The Morgan fingerprint density at radius 1 is 1.10 bits per heavy atom. The molecule has 2 fully saturated rings.